The SMILES string of the molecule is CC(C)(C)OC(=O)N1C[C@@H]2CC(C)(C)[C@@H](O)[C@@H]2C1. The first-order chi connectivity index (χ1) is 8.10. The van der Waals surface area contributed by atoms with Crippen LogP contribution < -0.4 is 0 Å². The largest absolute Gasteiger partial charge is 0.444 e. The summed E-state index contributed by atoms with van der Waals surface area (Å²) in [6, 6.07) is 0. The van der Waals surface area contributed by atoms with Crippen molar-refractivity contribution in [2.75, 3.05) is 13.1 Å². The van der Waals surface area contributed by atoms with Gasteiger partial charge in [0.25, 0.3) is 0 Å². The summed E-state index contributed by atoms with van der Waals surface area (Å²) < 4.78 is 5.38. The van der Waals surface area contributed by atoms with Crippen LogP contribution in [0.5, 0.6) is 0 Å². The predicted octanol–water partition coefficient (Wildman–Crippen LogP) is 2.26. The molecule has 1 aliphatic heterocycles. The zero-order valence-corrected chi connectivity index (χ0v) is 12.1. The van der Waals surface area contributed by atoms with E-state index >= 15 is 0 Å². The van der Waals surface area contributed by atoms with E-state index < -0.39 is 5.60 Å². The molecule has 1 heterocycles. The van der Waals surface area contributed by atoms with Gasteiger partial charge in [-0.25, -0.2) is 4.79 Å². The molecular formula is C14H25NO3. The lowest BCUT2D eigenvalue weighted by atomic mass is 9.87. The fraction of sp³-hybridized carbons (Fsp3) is 0.929. The van der Waals surface area contributed by atoms with Crippen molar-refractivity contribution in [3.63, 3.8) is 0 Å². The van der Waals surface area contributed by atoms with Gasteiger partial charge in [-0.1, -0.05) is 13.8 Å². The molecule has 1 aliphatic carbocycles. The van der Waals surface area contributed by atoms with E-state index in [0.717, 1.165) is 13.0 Å². The van der Waals surface area contributed by atoms with Gasteiger partial charge in [-0.2, -0.15) is 0 Å². The van der Waals surface area contributed by atoms with Gasteiger partial charge < -0.3 is 14.7 Å². The van der Waals surface area contributed by atoms with Gasteiger partial charge in [-0.05, 0) is 38.5 Å². The Morgan fingerprint density at radius 3 is 2.44 bits per heavy atom. The highest BCUT2D eigenvalue weighted by molar-refractivity contribution is 5.68. The Morgan fingerprint density at radius 2 is 1.94 bits per heavy atom. The first kappa shape index (κ1) is 13.7. The Morgan fingerprint density at radius 1 is 1.33 bits per heavy atom. The van der Waals surface area contributed by atoms with Crippen LogP contribution in [0.25, 0.3) is 0 Å². The average Bonchev–Trinajstić information content (AvgIpc) is 2.64. The van der Waals surface area contributed by atoms with E-state index in [1.165, 1.54) is 0 Å². The van der Waals surface area contributed by atoms with Gasteiger partial charge in [0.2, 0.25) is 0 Å². The van der Waals surface area contributed by atoms with Crippen LogP contribution in [0.15, 0.2) is 0 Å². The number of amides is 1. The molecule has 4 nitrogen and oxygen atoms in total. The van der Waals surface area contributed by atoms with Crippen LogP contribution >= 0.6 is 0 Å². The number of likely N-dealkylation sites (tertiary alicyclic amines) is 1. The van der Waals surface area contributed by atoms with Crippen molar-refractivity contribution in [2.24, 2.45) is 17.3 Å². The fourth-order valence-corrected chi connectivity index (χ4v) is 3.32. The van der Waals surface area contributed by atoms with Gasteiger partial charge in [0.15, 0.2) is 0 Å². The molecule has 0 aromatic heterocycles. The minimum Gasteiger partial charge on any atom is -0.444 e. The van der Waals surface area contributed by atoms with E-state index in [9.17, 15) is 9.90 Å². The highest BCUT2D eigenvalue weighted by atomic mass is 16.6. The number of hydrogen-bond donors (Lipinski definition) is 1. The molecule has 2 aliphatic rings. The molecular weight excluding hydrogens is 230 g/mol. The van der Waals surface area contributed by atoms with E-state index in [1.54, 1.807) is 4.90 Å². The van der Waals surface area contributed by atoms with Gasteiger partial charge in [-0.15, -0.1) is 0 Å². The molecule has 104 valence electrons. The number of fused-ring (bicyclic) bond motifs is 1. The van der Waals surface area contributed by atoms with Crippen molar-refractivity contribution in [2.45, 2.75) is 52.7 Å². The first-order valence-electron chi connectivity index (χ1n) is 6.76. The van der Waals surface area contributed by atoms with E-state index in [-0.39, 0.29) is 23.5 Å². The molecule has 3 atom stereocenters. The molecule has 0 radical (unpaired) electrons. The molecule has 0 bridgehead atoms. The quantitative estimate of drug-likeness (QED) is 0.722. The molecule has 1 N–H and O–H groups in total. The van der Waals surface area contributed by atoms with Crippen LogP contribution in [0, 0.1) is 17.3 Å². The van der Waals surface area contributed by atoms with Crippen molar-refractivity contribution >= 4 is 6.09 Å². The number of carbonyl (C=O) groups excluding carboxylic acids is 1. The lowest BCUT2D eigenvalue weighted by molar-refractivity contribution is 0.0172. The molecule has 0 aromatic rings. The van der Waals surface area contributed by atoms with Crippen LogP contribution in [0.4, 0.5) is 4.79 Å². The van der Waals surface area contributed by atoms with Crippen LogP contribution in [0.1, 0.15) is 41.0 Å². The van der Waals surface area contributed by atoms with Gasteiger partial charge >= 0.3 is 6.09 Å². The molecule has 0 spiro atoms. The third-order valence-electron chi connectivity index (χ3n) is 4.14. The average molecular weight is 255 g/mol. The van der Waals surface area contributed by atoms with Crippen molar-refractivity contribution in [3.05, 3.63) is 0 Å². The maximum Gasteiger partial charge on any atom is 0.410 e. The summed E-state index contributed by atoms with van der Waals surface area (Å²) in [5.74, 6) is 0.634. The number of ether oxygens (including phenoxy) is 1. The Hall–Kier alpha value is -0.770. The number of aliphatic hydroxyl groups is 1. The van der Waals surface area contributed by atoms with Crippen LogP contribution in [0.3, 0.4) is 0 Å². The lowest BCUT2D eigenvalue weighted by Gasteiger charge is -2.29. The summed E-state index contributed by atoms with van der Waals surface area (Å²) in [4.78, 5) is 13.7. The second-order valence-corrected chi connectivity index (χ2v) is 7.45. The Bertz CT molecular complexity index is 345. The molecule has 2 rings (SSSR count). The minimum absolute atomic E-state index is 0.0185. The topological polar surface area (TPSA) is 49.8 Å². The Balaban J connectivity index is 1.98. The monoisotopic (exact) mass is 255 g/mol. The summed E-state index contributed by atoms with van der Waals surface area (Å²) in [6.07, 6.45) is 0.426. The van der Waals surface area contributed by atoms with Gasteiger partial charge in [0, 0.05) is 19.0 Å². The third kappa shape index (κ3) is 2.48. The number of aliphatic hydroxyl groups excluding tert-OH is 1. The zero-order chi connectivity index (χ0) is 13.7. The minimum atomic E-state index is -0.452. The molecule has 2 fully saturated rings. The van der Waals surface area contributed by atoms with Crippen molar-refractivity contribution < 1.29 is 14.6 Å². The van der Waals surface area contributed by atoms with Crippen molar-refractivity contribution in [3.8, 4) is 0 Å². The van der Waals surface area contributed by atoms with Crippen LogP contribution in [-0.4, -0.2) is 40.9 Å². The van der Waals surface area contributed by atoms with E-state index in [0.29, 0.717) is 12.5 Å². The first-order valence-corrected chi connectivity index (χ1v) is 6.76. The van der Waals surface area contributed by atoms with E-state index in [4.69, 9.17) is 4.74 Å². The van der Waals surface area contributed by atoms with Gasteiger partial charge in [0.05, 0.1) is 6.10 Å². The van der Waals surface area contributed by atoms with Crippen LogP contribution in [0.2, 0.25) is 0 Å². The fourth-order valence-electron chi connectivity index (χ4n) is 3.32. The molecule has 1 saturated heterocycles. The predicted molar refractivity (Wildman–Crippen MR) is 69.2 cm³/mol. The zero-order valence-electron chi connectivity index (χ0n) is 12.1. The van der Waals surface area contributed by atoms with Gasteiger partial charge in [-0.3, -0.25) is 0 Å². The van der Waals surface area contributed by atoms with Crippen molar-refractivity contribution in [1.82, 2.24) is 4.90 Å². The summed E-state index contributed by atoms with van der Waals surface area (Å²) in [7, 11) is 0. The summed E-state index contributed by atoms with van der Waals surface area (Å²) in [5, 5.41) is 10.3. The lowest BCUT2D eigenvalue weighted by Crippen LogP contribution is -2.38. The number of hydrogen-bond acceptors (Lipinski definition) is 3. The second-order valence-electron chi connectivity index (χ2n) is 7.45. The number of carbonyl (C=O) groups is 1. The molecule has 4 heteroatoms. The maximum absolute atomic E-state index is 12.0. The highest BCUT2D eigenvalue weighted by Gasteiger charge is 2.52. The number of nitrogens with zero attached hydrogens (tertiary/aromatic N) is 1. The molecule has 1 amide bonds. The molecule has 18 heavy (non-hydrogen) atoms. The molecule has 0 unspecified atom stereocenters. The van der Waals surface area contributed by atoms with E-state index in [2.05, 4.69) is 13.8 Å². The maximum atomic E-state index is 12.0. The van der Waals surface area contributed by atoms with Gasteiger partial charge in [0.1, 0.15) is 5.60 Å². The van der Waals surface area contributed by atoms with Crippen LogP contribution in [-0.2, 0) is 4.74 Å². The summed E-state index contributed by atoms with van der Waals surface area (Å²) in [5.41, 5.74) is -0.470. The van der Waals surface area contributed by atoms with Crippen molar-refractivity contribution in [1.29, 1.82) is 0 Å². The number of rotatable bonds is 0. The third-order valence-corrected chi connectivity index (χ3v) is 4.14. The second kappa shape index (κ2) is 4.12. The standard InChI is InChI=1S/C14H25NO3/c1-13(2,3)18-12(17)15-7-9-6-14(4,5)11(16)10(9)8-15/h9-11,16H,6-8H2,1-5H3/t9-,10+,11-/m0/s1. The summed E-state index contributed by atoms with van der Waals surface area (Å²) in [6.45, 7) is 11.2. The molecule has 0 aromatic carbocycles. The highest BCUT2D eigenvalue weighted by Crippen LogP contribution is 2.48. The summed E-state index contributed by atoms with van der Waals surface area (Å²) >= 11 is 0. The Labute approximate surface area is 109 Å². The normalized spacial score (nSPS) is 34.6. The molecule has 1 saturated carbocycles. The van der Waals surface area contributed by atoms with E-state index in [1.807, 2.05) is 20.8 Å². The smallest absolute Gasteiger partial charge is 0.410 e. The Kier molecular flexibility index (Phi) is 3.13.